The van der Waals surface area contributed by atoms with Crippen molar-refractivity contribution in [3.05, 3.63) is 34.3 Å². The van der Waals surface area contributed by atoms with Gasteiger partial charge in [-0.3, -0.25) is 4.79 Å². The van der Waals surface area contributed by atoms with Gasteiger partial charge >= 0.3 is 0 Å². The molecule has 0 saturated heterocycles. The maximum atomic E-state index is 12.2. The fourth-order valence-electron chi connectivity index (χ4n) is 1.84. The Hall–Kier alpha value is -1.56. The summed E-state index contributed by atoms with van der Waals surface area (Å²) in [6, 6.07) is 7.00. The van der Waals surface area contributed by atoms with Gasteiger partial charge in [0.1, 0.15) is 5.54 Å². The van der Waals surface area contributed by atoms with Crippen LogP contribution in [0.5, 0.6) is 0 Å². The lowest BCUT2D eigenvalue weighted by molar-refractivity contribution is 0.0918. The number of carbonyl (C=O) groups excluding carboxylic acids is 1. The van der Waals surface area contributed by atoms with Crippen LogP contribution >= 0.6 is 15.9 Å². The monoisotopic (exact) mass is 327 g/mol. The van der Waals surface area contributed by atoms with Gasteiger partial charge in [-0.05, 0) is 37.1 Å². The average molecular weight is 328 g/mol. The summed E-state index contributed by atoms with van der Waals surface area (Å²) in [5.74, 6) is -0.231. The molecule has 0 aliphatic carbocycles. The summed E-state index contributed by atoms with van der Waals surface area (Å²) in [7, 11) is 0. The summed E-state index contributed by atoms with van der Waals surface area (Å²) in [6.45, 7) is 3.76. The van der Waals surface area contributed by atoms with Crippen molar-refractivity contribution in [2.24, 2.45) is 10.9 Å². The minimum Gasteiger partial charge on any atom is -0.409 e. The number of amides is 1. The second kappa shape index (κ2) is 6.56. The fraction of sp³-hybridized carbons (Fsp3) is 0.385. The Labute approximate surface area is 121 Å². The summed E-state index contributed by atoms with van der Waals surface area (Å²) in [5, 5.41) is 14.7. The molecule has 19 heavy (non-hydrogen) atoms. The molecule has 0 saturated carbocycles. The lowest BCUT2D eigenvalue weighted by Crippen LogP contribution is -2.56. The number of amidine groups is 1. The summed E-state index contributed by atoms with van der Waals surface area (Å²) < 4.78 is 0.901. The Morgan fingerprint density at radius 1 is 1.37 bits per heavy atom. The van der Waals surface area contributed by atoms with Gasteiger partial charge in [0.15, 0.2) is 5.84 Å². The highest BCUT2D eigenvalue weighted by atomic mass is 79.9. The van der Waals surface area contributed by atoms with E-state index in [2.05, 4.69) is 26.4 Å². The first-order chi connectivity index (χ1) is 8.99. The second-order valence-corrected chi connectivity index (χ2v) is 5.15. The van der Waals surface area contributed by atoms with Crippen molar-refractivity contribution in [1.82, 2.24) is 5.32 Å². The quantitative estimate of drug-likeness (QED) is 0.336. The minimum atomic E-state index is -0.821. The van der Waals surface area contributed by atoms with Crippen LogP contribution < -0.4 is 11.1 Å². The van der Waals surface area contributed by atoms with Crippen molar-refractivity contribution in [3.63, 3.8) is 0 Å². The van der Waals surface area contributed by atoms with Gasteiger partial charge in [0, 0.05) is 10.0 Å². The van der Waals surface area contributed by atoms with Gasteiger partial charge in [0.25, 0.3) is 5.91 Å². The molecule has 0 bridgehead atoms. The van der Waals surface area contributed by atoms with Gasteiger partial charge in [-0.2, -0.15) is 0 Å². The standard InChI is InChI=1S/C13H18BrN3O2/c1-3-13(4-2,12(15)17-19)16-11(18)9-5-7-10(14)8-6-9/h5-8,19H,3-4H2,1-2H3,(H2,15,17)(H,16,18). The number of oxime groups is 1. The third-order valence-corrected chi connectivity index (χ3v) is 3.79. The molecule has 0 aliphatic rings. The maximum absolute atomic E-state index is 12.2. The summed E-state index contributed by atoms with van der Waals surface area (Å²) in [4.78, 5) is 12.2. The van der Waals surface area contributed by atoms with Crippen LogP contribution in [0, 0.1) is 0 Å². The summed E-state index contributed by atoms with van der Waals surface area (Å²) in [6.07, 6.45) is 1.09. The number of hydrogen-bond acceptors (Lipinski definition) is 3. The van der Waals surface area contributed by atoms with E-state index >= 15 is 0 Å². The van der Waals surface area contributed by atoms with E-state index in [1.165, 1.54) is 0 Å². The molecule has 0 aromatic heterocycles. The van der Waals surface area contributed by atoms with E-state index in [0.29, 0.717) is 18.4 Å². The van der Waals surface area contributed by atoms with E-state index in [-0.39, 0.29) is 11.7 Å². The number of nitrogens with zero attached hydrogens (tertiary/aromatic N) is 1. The van der Waals surface area contributed by atoms with Crippen molar-refractivity contribution in [2.45, 2.75) is 32.2 Å². The Kier molecular flexibility index (Phi) is 5.35. The van der Waals surface area contributed by atoms with E-state index in [9.17, 15) is 4.79 Å². The molecule has 104 valence electrons. The Morgan fingerprint density at radius 3 is 2.32 bits per heavy atom. The van der Waals surface area contributed by atoms with Crippen LogP contribution in [0.25, 0.3) is 0 Å². The molecule has 0 spiro atoms. The van der Waals surface area contributed by atoms with Crippen molar-refractivity contribution < 1.29 is 10.0 Å². The number of carbonyl (C=O) groups is 1. The fourth-order valence-corrected chi connectivity index (χ4v) is 2.10. The highest BCUT2D eigenvalue weighted by Gasteiger charge is 2.33. The Morgan fingerprint density at radius 2 is 1.89 bits per heavy atom. The van der Waals surface area contributed by atoms with Crippen molar-refractivity contribution in [2.75, 3.05) is 0 Å². The highest BCUT2D eigenvalue weighted by molar-refractivity contribution is 9.10. The zero-order valence-electron chi connectivity index (χ0n) is 11.0. The van der Waals surface area contributed by atoms with E-state index in [1.807, 2.05) is 13.8 Å². The largest absolute Gasteiger partial charge is 0.409 e. The number of nitrogens with one attached hydrogen (secondary N) is 1. The molecule has 0 unspecified atom stereocenters. The number of halogens is 1. The zero-order chi connectivity index (χ0) is 14.5. The second-order valence-electron chi connectivity index (χ2n) is 4.24. The van der Waals surface area contributed by atoms with Gasteiger partial charge in [-0.25, -0.2) is 0 Å². The lowest BCUT2D eigenvalue weighted by Gasteiger charge is -2.31. The van der Waals surface area contributed by atoms with Crippen LogP contribution in [0.15, 0.2) is 33.9 Å². The molecule has 4 N–H and O–H groups in total. The average Bonchev–Trinajstić information content (AvgIpc) is 2.44. The van der Waals surface area contributed by atoms with E-state index in [4.69, 9.17) is 10.9 Å². The molecule has 6 heteroatoms. The molecule has 0 aliphatic heterocycles. The van der Waals surface area contributed by atoms with Crippen LogP contribution in [-0.2, 0) is 0 Å². The predicted octanol–water partition coefficient (Wildman–Crippen LogP) is 2.48. The topological polar surface area (TPSA) is 87.7 Å². The first-order valence-corrected chi connectivity index (χ1v) is 6.84. The van der Waals surface area contributed by atoms with E-state index in [0.717, 1.165) is 4.47 Å². The molecule has 1 rings (SSSR count). The van der Waals surface area contributed by atoms with Crippen molar-refractivity contribution >= 4 is 27.7 Å². The van der Waals surface area contributed by atoms with Gasteiger partial charge in [-0.15, -0.1) is 0 Å². The maximum Gasteiger partial charge on any atom is 0.252 e. The molecule has 0 radical (unpaired) electrons. The van der Waals surface area contributed by atoms with E-state index in [1.54, 1.807) is 24.3 Å². The minimum absolute atomic E-state index is 0.0166. The number of nitrogens with two attached hydrogens (primary N) is 1. The number of hydrogen-bond donors (Lipinski definition) is 3. The third-order valence-electron chi connectivity index (χ3n) is 3.26. The summed E-state index contributed by atoms with van der Waals surface area (Å²) >= 11 is 3.31. The smallest absolute Gasteiger partial charge is 0.252 e. The normalized spacial score (nSPS) is 12.3. The molecular formula is C13H18BrN3O2. The Bertz CT molecular complexity index is 467. The third kappa shape index (κ3) is 3.47. The van der Waals surface area contributed by atoms with Gasteiger partial charge in [0.2, 0.25) is 0 Å². The van der Waals surface area contributed by atoms with Crippen molar-refractivity contribution in [1.29, 1.82) is 0 Å². The van der Waals surface area contributed by atoms with Crippen LogP contribution in [0.3, 0.4) is 0 Å². The molecule has 0 atom stereocenters. The van der Waals surface area contributed by atoms with Gasteiger partial charge in [-0.1, -0.05) is 34.9 Å². The molecule has 1 aromatic carbocycles. The van der Waals surface area contributed by atoms with Crippen LogP contribution in [0.1, 0.15) is 37.0 Å². The first kappa shape index (κ1) is 15.5. The summed E-state index contributed by atoms with van der Waals surface area (Å²) in [5.41, 5.74) is 5.41. The van der Waals surface area contributed by atoms with Crippen LogP contribution in [-0.4, -0.2) is 22.5 Å². The lowest BCUT2D eigenvalue weighted by atomic mass is 9.91. The van der Waals surface area contributed by atoms with Crippen molar-refractivity contribution in [3.8, 4) is 0 Å². The van der Waals surface area contributed by atoms with Gasteiger partial charge < -0.3 is 16.3 Å². The van der Waals surface area contributed by atoms with Gasteiger partial charge in [0.05, 0.1) is 0 Å². The molecule has 5 nitrogen and oxygen atoms in total. The molecule has 0 heterocycles. The predicted molar refractivity (Wildman–Crippen MR) is 78.3 cm³/mol. The van der Waals surface area contributed by atoms with Crippen LogP contribution in [0.4, 0.5) is 0 Å². The molecule has 1 amide bonds. The van der Waals surface area contributed by atoms with E-state index < -0.39 is 5.54 Å². The number of benzene rings is 1. The highest BCUT2D eigenvalue weighted by Crippen LogP contribution is 2.17. The first-order valence-electron chi connectivity index (χ1n) is 6.05. The molecule has 0 fully saturated rings. The zero-order valence-corrected chi connectivity index (χ0v) is 12.6. The Balaban J connectivity index is 2.97. The number of rotatable bonds is 5. The molecular weight excluding hydrogens is 310 g/mol. The van der Waals surface area contributed by atoms with Crippen LogP contribution in [0.2, 0.25) is 0 Å². The SMILES string of the molecule is CCC(CC)(NC(=O)c1ccc(Br)cc1)/C(N)=N/O. The molecule has 1 aromatic rings.